The number of carbonyl (C=O) groups excluding carboxylic acids is 2. The molecule has 0 saturated heterocycles. The number of aliphatic hydroxyl groups excluding tert-OH is 2. The molecule has 2 rings (SSSR count). The van der Waals surface area contributed by atoms with E-state index >= 15 is 0 Å². The highest BCUT2D eigenvalue weighted by molar-refractivity contribution is 5.75. The van der Waals surface area contributed by atoms with Crippen LogP contribution in [-0.4, -0.2) is 69.8 Å². The number of allylic oxidation sites excluding steroid dienone is 2. The van der Waals surface area contributed by atoms with E-state index in [2.05, 4.69) is 15.0 Å². The number of carbonyl (C=O) groups is 2. The van der Waals surface area contributed by atoms with Crippen LogP contribution >= 0.6 is 0 Å². The highest BCUT2D eigenvalue weighted by atomic mass is 17.0. The van der Waals surface area contributed by atoms with Gasteiger partial charge in [-0.1, -0.05) is 48.6 Å². The minimum Gasteiger partial charge on any atom is -0.458 e. The predicted octanol–water partition coefficient (Wildman–Crippen LogP) is 3.65. The van der Waals surface area contributed by atoms with Gasteiger partial charge in [0.25, 0.3) is 10.2 Å². The standard InChI is InChI=1S/C31H45N3O11/c1-2-32-30(37)15-9-4-3-8-14-26-27(29(36)21-28(26)35)20-19-24(18-17-23-11-6-5-7-12-23)44-31(38)16-10-13-25(45-34(41)42)22-43-33(39)40/h3,5-8,11-12,19-20,24-29,35-36H,2,4,9-10,13-18,21-22H2,1H3,(H,32,37)/b8-3-,20-19+/t24-,25-,26+,27+,28-,29+/m0/s1. The molecule has 6 atom stereocenters. The second-order valence-corrected chi connectivity index (χ2v) is 11.0. The minimum atomic E-state index is -1.21. The minimum absolute atomic E-state index is 0.0169. The second kappa shape index (κ2) is 20.8. The summed E-state index contributed by atoms with van der Waals surface area (Å²) in [5, 5.41) is 43.1. The van der Waals surface area contributed by atoms with Gasteiger partial charge < -0.3 is 29.9 Å². The average molecular weight is 636 g/mol. The van der Waals surface area contributed by atoms with E-state index in [4.69, 9.17) is 4.74 Å². The molecule has 1 aliphatic rings. The molecular formula is C31H45N3O11. The zero-order valence-corrected chi connectivity index (χ0v) is 25.6. The summed E-state index contributed by atoms with van der Waals surface area (Å²) in [5.74, 6) is -1.14. The Hall–Kier alpha value is -4.04. The Morgan fingerprint density at radius 2 is 1.80 bits per heavy atom. The van der Waals surface area contributed by atoms with Crippen LogP contribution in [0.15, 0.2) is 54.6 Å². The van der Waals surface area contributed by atoms with Gasteiger partial charge in [0, 0.05) is 31.7 Å². The number of benzene rings is 1. The fourth-order valence-corrected chi connectivity index (χ4v) is 5.28. The third kappa shape index (κ3) is 15.5. The molecule has 14 nitrogen and oxygen atoms in total. The average Bonchev–Trinajstić information content (AvgIpc) is 3.26. The molecule has 0 unspecified atom stereocenters. The maximum Gasteiger partial charge on any atom is 0.306 e. The fourth-order valence-electron chi connectivity index (χ4n) is 5.28. The van der Waals surface area contributed by atoms with Crippen LogP contribution in [0.1, 0.15) is 70.3 Å². The lowest BCUT2D eigenvalue weighted by Gasteiger charge is -2.21. The molecule has 0 heterocycles. The van der Waals surface area contributed by atoms with Gasteiger partial charge in [0.1, 0.15) is 18.8 Å². The van der Waals surface area contributed by atoms with E-state index in [0.29, 0.717) is 38.6 Å². The number of ether oxygens (including phenoxy) is 1. The molecular weight excluding hydrogens is 590 g/mol. The Labute approximate surface area is 262 Å². The van der Waals surface area contributed by atoms with Gasteiger partial charge in [-0.2, -0.15) is 0 Å². The van der Waals surface area contributed by atoms with Crippen molar-refractivity contribution in [3.05, 3.63) is 80.4 Å². The molecule has 1 saturated carbocycles. The molecule has 1 aliphatic carbocycles. The van der Waals surface area contributed by atoms with Crippen molar-refractivity contribution in [2.24, 2.45) is 11.8 Å². The van der Waals surface area contributed by atoms with Crippen molar-refractivity contribution >= 4 is 11.9 Å². The van der Waals surface area contributed by atoms with Gasteiger partial charge in [0.05, 0.1) is 12.2 Å². The number of rotatable bonds is 22. The van der Waals surface area contributed by atoms with Crippen molar-refractivity contribution in [1.82, 2.24) is 5.32 Å². The van der Waals surface area contributed by atoms with Crippen LogP contribution in [0.25, 0.3) is 0 Å². The summed E-state index contributed by atoms with van der Waals surface area (Å²) < 4.78 is 5.72. The number of hydrogen-bond acceptors (Lipinski definition) is 11. The first kappa shape index (κ1) is 37.1. The Bertz CT molecular complexity index is 1120. The molecule has 0 spiro atoms. The topological polar surface area (TPSA) is 201 Å². The zero-order chi connectivity index (χ0) is 33.0. The lowest BCUT2D eigenvalue weighted by atomic mass is 9.89. The third-order valence-electron chi connectivity index (χ3n) is 7.54. The van der Waals surface area contributed by atoms with Gasteiger partial charge >= 0.3 is 5.97 Å². The Morgan fingerprint density at radius 3 is 2.49 bits per heavy atom. The molecule has 14 heteroatoms. The second-order valence-electron chi connectivity index (χ2n) is 11.0. The predicted molar refractivity (Wildman–Crippen MR) is 162 cm³/mol. The maximum absolute atomic E-state index is 12.7. The highest BCUT2D eigenvalue weighted by Crippen LogP contribution is 2.36. The van der Waals surface area contributed by atoms with E-state index in [1.54, 1.807) is 12.2 Å². The number of nitrogens with one attached hydrogen (secondary N) is 1. The van der Waals surface area contributed by atoms with E-state index in [1.807, 2.05) is 49.4 Å². The Morgan fingerprint density at radius 1 is 1.04 bits per heavy atom. The number of nitrogens with zero attached hydrogens (tertiary/aromatic N) is 2. The molecule has 1 fully saturated rings. The molecule has 45 heavy (non-hydrogen) atoms. The van der Waals surface area contributed by atoms with Gasteiger partial charge in [-0.15, -0.1) is 20.2 Å². The molecule has 0 radical (unpaired) electrons. The van der Waals surface area contributed by atoms with Gasteiger partial charge in [-0.25, -0.2) is 0 Å². The summed E-state index contributed by atoms with van der Waals surface area (Å²) in [5.41, 5.74) is 1.05. The van der Waals surface area contributed by atoms with Gasteiger partial charge in [0.2, 0.25) is 5.91 Å². The van der Waals surface area contributed by atoms with E-state index in [1.165, 1.54) is 0 Å². The van der Waals surface area contributed by atoms with Gasteiger partial charge in [-0.3, -0.25) is 9.59 Å². The summed E-state index contributed by atoms with van der Waals surface area (Å²) in [7, 11) is 0. The number of aryl methyl sites for hydroxylation is 1. The van der Waals surface area contributed by atoms with Crippen molar-refractivity contribution < 1.29 is 44.4 Å². The molecule has 1 aromatic rings. The van der Waals surface area contributed by atoms with E-state index in [-0.39, 0.29) is 43.4 Å². The van der Waals surface area contributed by atoms with E-state index < -0.39 is 47.2 Å². The Balaban J connectivity index is 2.00. The van der Waals surface area contributed by atoms with E-state index in [0.717, 1.165) is 12.0 Å². The van der Waals surface area contributed by atoms with Crippen LogP contribution in [0.4, 0.5) is 0 Å². The summed E-state index contributed by atoms with van der Waals surface area (Å²) in [4.78, 5) is 54.0. The first-order valence-corrected chi connectivity index (χ1v) is 15.4. The van der Waals surface area contributed by atoms with Gasteiger partial charge in [0.15, 0.2) is 0 Å². The van der Waals surface area contributed by atoms with Crippen molar-refractivity contribution in [3.63, 3.8) is 0 Å². The molecule has 1 aromatic carbocycles. The van der Waals surface area contributed by atoms with Crippen LogP contribution in [-0.2, 0) is 30.4 Å². The summed E-state index contributed by atoms with van der Waals surface area (Å²) in [6.45, 7) is 1.83. The van der Waals surface area contributed by atoms with Crippen LogP contribution in [0.5, 0.6) is 0 Å². The normalized spacial score (nSPS) is 21.0. The summed E-state index contributed by atoms with van der Waals surface area (Å²) >= 11 is 0. The number of aliphatic hydroxyl groups is 2. The molecule has 1 amide bonds. The quantitative estimate of drug-likeness (QED) is 0.0552. The maximum atomic E-state index is 12.7. The first-order valence-electron chi connectivity index (χ1n) is 15.4. The molecule has 0 bridgehead atoms. The highest BCUT2D eigenvalue weighted by Gasteiger charge is 2.39. The van der Waals surface area contributed by atoms with Crippen LogP contribution < -0.4 is 5.32 Å². The fraction of sp³-hybridized carbons (Fsp3) is 0.613. The smallest absolute Gasteiger partial charge is 0.306 e. The first-order chi connectivity index (χ1) is 21.6. The monoisotopic (exact) mass is 635 g/mol. The lowest BCUT2D eigenvalue weighted by molar-refractivity contribution is -0.790. The number of hydrogen-bond donors (Lipinski definition) is 3. The van der Waals surface area contributed by atoms with Crippen LogP contribution in [0, 0.1) is 32.1 Å². The molecule has 250 valence electrons. The number of esters is 1. The Kier molecular flexibility index (Phi) is 17.2. The SMILES string of the molecule is CCNC(=O)CCC/C=C\C[C@@H]1[C@@H](/C=C/[C@H](CCc2ccccc2)OC(=O)CCC[C@@H](CO[N+](=O)[O-])O[N+](=O)[O-])[C@H](O)C[C@@H]1O. The summed E-state index contributed by atoms with van der Waals surface area (Å²) in [6.07, 6.45) is 7.83. The zero-order valence-electron chi connectivity index (χ0n) is 25.6. The largest absolute Gasteiger partial charge is 0.458 e. The van der Waals surface area contributed by atoms with Crippen molar-refractivity contribution in [2.45, 2.75) is 95.5 Å². The molecule has 3 N–H and O–H groups in total. The van der Waals surface area contributed by atoms with Crippen LogP contribution in [0.3, 0.4) is 0 Å². The lowest BCUT2D eigenvalue weighted by Crippen LogP contribution is -2.25. The summed E-state index contributed by atoms with van der Waals surface area (Å²) in [6, 6.07) is 9.64. The number of unbranched alkanes of at least 4 members (excludes halogenated alkanes) is 1. The molecule has 0 aliphatic heterocycles. The molecule has 0 aromatic heterocycles. The third-order valence-corrected chi connectivity index (χ3v) is 7.54. The van der Waals surface area contributed by atoms with Crippen molar-refractivity contribution in [3.8, 4) is 0 Å². The van der Waals surface area contributed by atoms with Crippen LogP contribution in [0.2, 0.25) is 0 Å². The number of amides is 1. The van der Waals surface area contributed by atoms with Gasteiger partial charge in [-0.05, 0) is 69.4 Å². The van der Waals surface area contributed by atoms with Crippen molar-refractivity contribution in [1.29, 1.82) is 0 Å². The van der Waals surface area contributed by atoms with E-state index in [9.17, 15) is 40.0 Å². The van der Waals surface area contributed by atoms with Crippen molar-refractivity contribution in [2.75, 3.05) is 13.2 Å².